The minimum atomic E-state index is -0.531. The highest BCUT2D eigenvalue weighted by Gasteiger charge is 2.46. The second-order valence-corrected chi connectivity index (χ2v) is 13.0. The number of carbonyl (C=O) groups excluding carboxylic acids is 1. The summed E-state index contributed by atoms with van der Waals surface area (Å²) < 4.78 is 33.6. The third-order valence-corrected chi connectivity index (χ3v) is 8.41. The van der Waals surface area contributed by atoms with Crippen LogP contribution in [-0.2, 0) is 18.0 Å². The van der Waals surface area contributed by atoms with Crippen LogP contribution in [0.25, 0.3) is 11.1 Å². The van der Waals surface area contributed by atoms with Crippen molar-refractivity contribution in [2.75, 3.05) is 31.1 Å². The maximum absolute atomic E-state index is 15.8. The number of ether oxygens (including phenoxy) is 3. The van der Waals surface area contributed by atoms with E-state index in [1.54, 1.807) is 17.0 Å². The molecule has 1 unspecified atom stereocenters. The maximum Gasteiger partial charge on any atom is 0.410 e. The Hall–Kier alpha value is -4.59. The lowest BCUT2D eigenvalue weighted by Crippen LogP contribution is -2.37. The molecule has 2 fully saturated rings. The molecule has 45 heavy (non-hydrogen) atoms. The van der Waals surface area contributed by atoms with Crippen molar-refractivity contribution in [2.24, 2.45) is 5.41 Å². The number of hydrogen-bond donors (Lipinski definition) is 0. The monoisotopic (exact) mass is 609 g/mol. The first-order valence-electron chi connectivity index (χ1n) is 15.5. The lowest BCUT2D eigenvalue weighted by molar-refractivity contribution is 0.0276. The number of rotatable bonds is 8. The van der Waals surface area contributed by atoms with Crippen LogP contribution in [0, 0.1) is 11.2 Å². The second kappa shape index (κ2) is 12.8. The highest BCUT2D eigenvalue weighted by molar-refractivity contribution is 5.72. The molecular formula is C37H40FN3O4. The van der Waals surface area contributed by atoms with Crippen LogP contribution in [0.2, 0.25) is 0 Å². The van der Waals surface area contributed by atoms with Crippen molar-refractivity contribution in [2.45, 2.75) is 52.4 Å². The Morgan fingerprint density at radius 1 is 0.844 bits per heavy atom. The van der Waals surface area contributed by atoms with E-state index in [-0.39, 0.29) is 17.3 Å². The first-order valence-corrected chi connectivity index (χ1v) is 15.5. The van der Waals surface area contributed by atoms with Crippen molar-refractivity contribution in [1.82, 2.24) is 9.88 Å². The van der Waals surface area contributed by atoms with Gasteiger partial charge in [-0.3, -0.25) is 0 Å². The molecule has 0 radical (unpaired) electrons. The predicted molar refractivity (Wildman–Crippen MR) is 173 cm³/mol. The van der Waals surface area contributed by atoms with Gasteiger partial charge in [0.1, 0.15) is 24.6 Å². The van der Waals surface area contributed by atoms with E-state index in [1.807, 2.05) is 99.6 Å². The number of amides is 1. The molecule has 1 aromatic heterocycles. The van der Waals surface area contributed by atoms with Gasteiger partial charge >= 0.3 is 6.09 Å². The third-order valence-electron chi connectivity index (χ3n) is 8.41. The van der Waals surface area contributed by atoms with Gasteiger partial charge in [0, 0.05) is 43.2 Å². The van der Waals surface area contributed by atoms with E-state index >= 15 is 4.39 Å². The first kappa shape index (κ1) is 30.4. The number of benzene rings is 3. The van der Waals surface area contributed by atoms with Crippen molar-refractivity contribution in [3.05, 3.63) is 108 Å². The Labute approximate surface area is 264 Å². The molecule has 234 valence electrons. The summed E-state index contributed by atoms with van der Waals surface area (Å²) in [5.41, 5.74) is 3.37. The fourth-order valence-electron chi connectivity index (χ4n) is 6.11. The van der Waals surface area contributed by atoms with Crippen LogP contribution in [0.1, 0.15) is 44.7 Å². The van der Waals surface area contributed by atoms with Crippen LogP contribution in [0.3, 0.4) is 0 Å². The van der Waals surface area contributed by atoms with E-state index in [1.165, 1.54) is 0 Å². The molecule has 0 bridgehead atoms. The molecule has 2 saturated heterocycles. The van der Waals surface area contributed by atoms with Crippen molar-refractivity contribution in [1.29, 1.82) is 0 Å². The quantitative estimate of drug-likeness (QED) is 0.203. The van der Waals surface area contributed by atoms with Gasteiger partial charge < -0.3 is 24.0 Å². The zero-order valence-corrected chi connectivity index (χ0v) is 26.2. The SMILES string of the molecule is CC(C)(C)OC(=O)N1CCC2(CCN(c3ccc(-c4ccc(OCc5ccccc5)nc4OCc4ccccc4)cc3F)C2)C1. The molecule has 2 aliphatic rings. The Bertz CT molecular complexity index is 1630. The molecule has 0 aliphatic carbocycles. The second-order valence-electron chi connectivity index (χ2n) is 13.0. The van der Waals surface area contributed by atoms with Crippen molar-refractivity contribution < 1.29 is 23.4 Å². The summed E-state index contributed by atoms with van der Waals surface area (Å²) in [5.74, 6) is 0.511. The van der Waals surface area contributed by atoms with E-state index in [0.29, 0.717) is 61.4 Å². The highest BCUT2D eigenvalue weighted by Crippen LogP contribution is 2.43. The molecule has 3 aromatic carbocycles. The number of likely N-dealkylation sites (tertiary alicyclic amines) is 1. The maximum atomic E-state index is 15.8. The Balaban J connectivity index is 1.18. The molecule has 0 saturated carbocycles. The summed E-state index contributed by atoms with van der Waals surface area (Å²) >= 11 is 0. The number of halogens is 1. The van der Waals surface area contributed by atoms with Gasteiger partial charge in [0.25, 0.3) is 0 Å². The summed E-state index contributed by atoms with van der Waals surface area (Å²) in [7, 11) is 0. The van der Waals surface area contributed by atoms with E-state index in [0.717, 1.165) is 30.5 Å². The zero-order chi connectivity index (χ0) is 31.4. The molecule has 7 nitrogen and oxygen atoms in total. The lowest BCUT2D eigenvalue weighted by atomic mass is 9.86. The fourth-order valence-corrected chi connectivity index (χ4v) is 6.11. The lowest BCUT2D eigenvalue weighted by Gasteiger charge is -2.27. The molecule has 6 rings (SSSR count). The average molecular weight is 610 g/mol. The van der Waals surface area contributed by atoms with E-state index in [4.69, 9.17) is 14.2 Å². The first-order chi connectivity index (χ1) is 21.7. The summed E-state index contributed by atoms with van der Waals surface area (Å²) in [6, 6.07) is 28.7. The fraction of sp³-hybridized carbons (Fsp3) is 0.351. The minimum Gasteiger partial charge on any atom is -0.473 e. The molecule has 1 atom stereocenters. The molecule has 2 aliphatic heterocycles. The Kier molecular flexibility index (Phi) is 8.65. The van der Waals surface area contributed by atoms with E-state index in [9.17, 15) is 4.79 Å². The zero-order valence-electron chi connectivity index (χ0n) is 26.2. The highest BCUT2D eigenvalue weighted by atomic mass is 19.1. The van der Waals surface area contributed by atoms with Gasteiger partial charge in [-0.1, -0.05) is 66.7 Å². The van der Waals surface area contributed by atoms with Gasteiger partial charge in [0.05, 0.1) is 5.69 Å². The number of pyridine rings is 1. The molecule has 1 spiro atoms. The van der Waals surface area contributed by atoms with Gasteiger partial charge in [-0.25, -0.2) is 9.18 Å². The predicted octanol–water partition coefficient (Wildman–Crippen LogP) is 7.88. The van der Waals surface area contributed by atoms with Gasteiger partial charge in [-0.2, -0.15) is 4.98 Å². The number of aromatic nitrogens is 1. The van der Waals surface area contributed by atoms with Crippen LogP contribution < -0.4 is 14.4 Å². The smallest absolute Gasteiger partial charge is 0.410 e. The van der Waals surface area contributed by atoms with Crippen LogP contribution in [-0.4, -0.2) is 47.8 Å². The molecular weight excluding hydrogens is 569 g/mol. The van der Waals surface area contributed by atoms with E-state index < -0.39 is 5.60 Å². The van der Waals surface area contributed by atoms with Crippen LogP contribution in [0.15, 0.2) is 91.0 Å². The van der Waals surface area contributed by atoms with Crippen LogP contribution in [0.5, 0.6) is 11.8 Å². The van der Waals surface area contributed by atoms with E-state index in [2.05, 4.69) is 9.88 Å². The van der Waals surface area contributed by atoms with Crippen molar-refractivity contribution in [3.8, 4) is 22.9 Å². The third kappa shape index (κ3) is 7.39. The van der Waals surface area contributed by atoms with Gasteiger partial charge in [0.15, 0.2) is 0 Å². The standard InChI is InChI=1S/C37H40FN3O4/c1-36(2,3)45-35(42)41-21-19-37(26-41)18-20-40(25-37)32-16-14-29(22-31(32)38)30-15-17-33(43-23-27-10-6-4-7-11-27)39-34(30)44-24-28-12-8-5-9-13-28/h4-17,22H,18-21,23-26H2,1-3H3. The number of hydrogen-bond acceptors (Lipinski definition) is 6. The average Bonchev–Trinajstić information content (AvgIpc) is 3.65. The number of carbonyl (C=O) groups is 1. The molecule has 4 aromatic rings. The number of anilines is 1. The summed E-state index contributed by atoms with van der Waals surface area (Å²) in [5, 5.41) is 0. The van der Waals surface area contributed by atoms with Crippen molar-refractivity contribution in [3.63, 3.8) is 0 Å². The summed E-state index contributed by atoms with van der Waals surface area (Å²) in [4.78, 5) is 21.2. The molecule has 3 heterocycles. The summed E-state index contributed by atoms with van der Waals surface area (Å²) in [6.07, 6.45) is 1.51. The minimum absolute atomic E-state index is 0.0556. The van der Waals surface area contributed by atoms with Crippen molar-refractivity contribution >= 4 is 11.8 Å². The van der Waals surface area contributed by atoms with Crippen LogP contribution >= 0.6 is 0 Å². The molecule has 1 amide bonds. The van der Waals surface area contributed by atoms with Gasteiger partial charge in [-0.05, 0) is 68.5 Å². The largest absolute Gasteiger partial charge is 0.473 e. The summed E-state index contributed by atoms with van der Waals surface area (Å²) in [6.45, 7) is 9.05. The topological polar surface area (TPSA) is 64.1 Å². The normalized spacial score (nSPS) is 18.0. The number of nitrogens with zero attached hydrogens (tertiary/aromatic N) is 3. The molecule has 0 N–H and O–H groups in total. The Morgan fingerprint density at radius 2 is 1.51 bits per heavy atom. The van der Waals surface area contributed by atoms with Crippen LogP contribution in [0.4, 0.5) is 14.9 Å². The molecule has 8 heteroatoms. The Morgan fingerprint density at radius 3 is 2.18 bits per heavy atom. The van der Waals surface area contributed by atoms with Gasteiger partial charge in [-0.15, -0.1) is 0 Å². The van der Waals surface area contributed by atoms with Gasteiger partial charge in [0.2, 0.25) is 11.8 Å².